The Balaban J connectivity index is 2.21. The van der Waals surface area contributed by atoms with Crippen molar-refractivity contribution in [3.05, 3.63) is 51.6 Å². The minimum absolute atomic E-state index is 0.311. The lowest BCUT2D eigenvalue weighted by Crippen LogP contribution is -1.86. The molecule has 17 heavy (non-hydrogen) atoms. The Bertz CT molecular complexity index is 508. The monoisotopic (exact) mass is 356 g/mol. The van der Waals surface area contributed by atoms with Crippen LogP contribution in [0.3, 0.4) is 0 Å². The molecule has 0 spiro atoms. The van der Waals surface area contributed by atoms with Crippen LogP contribution in [-0.4, -0.2) is 5.11 Å². The van der Waals surface area contributed by atoms with Crippen LogP contribution in [0.1, 0.15) is 12.5 Å². The van der Waals surface area contributed by atoms with Gasteiger partial charge >= 0.3 is 0 Å². The highest BCUT2D eigenvalue weighted by Crippen LogP contribution is 2.30. The second-order valence-corrected chi connectivity index (χ2v) is 6.01. The zero-order valence-corrected chi connectivity index (χ0v) is 12.5. The van der Waals surface area contributed by atoms with Gasteiger partial charge in [0.15, 0.2) is 0 Å². The number of rotatable bonds is 3. The third-order valence-electron chi connectivity index (χ3n) is 2.47. The zero-order chi connectivity index (χ0) is 12.3. The maximum atomic E-state index is 9.23. The highest BCUT2D eigenvalue weighted by Gasteiger charge is 2.02. The highest BCUT2D eigenvalue weighted by atomic mass is 127. The summed E-state index contributed by atoms with van der Waals surface area (Å²) in [5.74, 6) is 0.311. The van der Waals surface area contributed by atoms with E-state index in [1.54, 1.807) is 23.9 Å². The van der Waals surface area contributed by atoms with Crippen LogP contribution in [0, 0.1) is 3.57 Å². The van der Waals surface area contributed by atoms with Crippen LogP contribution in [0.25, 0.3) is 0 Å². The van der Waals surface area contributed by atoms with Crippen molar-refractivity contribution >= 4 is 34.4 Å². The first-order valence-corrected chi connectivity index (χ1v) is 7.34. The van der Waals surface area contributed by atoms with Gasteiger partial charge in [0.05, 0.1) is 0 Å². The fraction of sp³-hybridized carbons (Fsp3) is 0.143. The Labute approximate surface area is 119 Å². The average molecular weight is 356 g/mol. The number of hydrogen-bond donors (Lipinski definition) is 1. The van der Waals surface area contributed by atoms with E-state index < -0.39 is 0 Å². The summed E-state index contributed by atoms with van der Waals surface area (Å²) in [6.45, 7) is 2.17. The predicted octanol–water partition coefficient (Wildman–Crippen LogP) is 4.71. The molecule has 1 N–H and O–H groups in total. The summed E-state index contributed by atoms with van der Waals surface area (Å²) < 4.78 is 1.32. The number of phenolic OH excluding ortho intramolecular Hbond substituents is 1. The standard InChI is InChI=1S/C14H13IOS/c1-2-10-9-13(7-8-14(10)15)17-12-5-3-11(16)4-6-12/h3-9,16H,2H2,1H3. The largest absolute Gasteiger partial charge is 0.508 e. The lowest BCUT2D eigenvalue weighted by Gasteiger charge is -2.06. The Morgan fingerprint density at radius 1 is 1.06 bits per heavy atom. The van der Waals surface area contributed by atoms with Crippen molar-refractivity contribution in [3.8, 4) is 5.75 Å². The van der Waals surface area contributed by atoms with E-state index in [0.29, 0.717) is 5.75 Å². The lowest BCUT2D eigenvalue weighted by atomic mass is 10.2. The third kappa shape index (κ3) is 3.39. The fourth-order valence-corrected chi connectivity index (χ4v) is 3.13. The number of halogens is 1. The highest BCUT2D eigenvalue weighted by molar-refractivity contribution is 14.1. The molecular weight excluding hydrogens is 343 g/mol. The van der Waals surface area contributed by atoms with Crippen molar-refractivity contribution in [1.82, 2.24) is 0 Å². The average Bonchev–Trinajstić information content (AvgIpc) is 2.34. The van der Waals surface area contributed by atoms with E-state index in [4.69, 9.17) is 0 Å². The predicted molar refractivity (Wildman–Crippen MR) is 80.8 cm³/mol. The maximum absolute atomic E-state index is 9.23. The molecule has 2 aromatic carbocycles. The van der Waals surface area contributed by atoms with Gasteiger partial charge in [-0.25, -0.2) is 0 Å². The quantitative estimate of drug-likeness (QED) is 0.804. The van der Waals surface area contributed by atoms with Gasteiger partial charge in [-0.05, 0) is 77.0 Å². The number of benzene rings is 2. The van der Waals surface area contributed by atoms with E-state index in [9.17, 15) is 5.11 Å². The Morgan fingerprint density at radius 3 is 2.35 bits per heavy atom. The van der Waals surface area contributed by atoms with Gasteiger partial charge in [0.1, 0.15) is 5.75 Å². The van der Waals surface area contributed by atoms with E-state index >= 15 is 0 Å². The topological polar surface area (TPSA) is 20.2 Å². The molecule has 0 bridgehead atoms. The van der Waals surface area contributed by atoms with Crippen molar-refractivity contribution in [2.45, 2.75) is 23.1 Å². The Kier molecular flexibility index (Phi) is 4.34. The van der Waals surface area contributed by atoms with Crippen LogP contribution in [0.4, 0.5) is 0 Å². The van der Waals surface area contributed by atoms with Crippen LogP contribution >= 0.6 is 34.4 Å². The van der Waals surface area contributed by atoms with E-state index in [-0.39, 0.29) is 0 Å². The molecule has 1 nitrogen and oxygen atoms in total. The first-order valence-electron chi connectivity index (χ1n) is 5.44. The molecule has 0 fully saturated rings. The molecule has 88 valence electrons. The Hall–Kier alpha value is -0.680. The first kappa shape index (κ1) is 12.8. The smallest absolute Gasteiger partial charge is 0.115 e. The van der Waals surface area contributed by atoms with Gasteiger partial charge in [-0.2, -0.15) is 0 Å². The number of phenols is 1. The number of aryl methyl sites for hydroxylation is 1. The third-order valence-corrected chi connectivity index (χ3v) is 4.52. The SMILES string of the molecule is CCc1cc(Sc2ccc(O)cc2)ccc1I. The normalized spacial score (nSPS) is 10.5. The molecule has 0 saturated carbocycles. The molecule has 0 radical (unpaired) electrons. The van der Waals surface area contributed by atoms with E-state index in [1.165, 1.54) is 14.0 Å². The van der Waals surface area contributed by atoms with Crippen molar-refractivity contribution in [1.29, 1.82) is 0 Å². The molecule has 2 aromatic rings. The first-order chi connectivity index (χ1) is 8.19. The van der Waals surface area contributed by atoms with Gasteiger partial charge in [-0.15, -0.1) is 0 Å². The van der Waals surface area contributed by atoms with Gasteiger partial charge in [-0.1, -0.05) is 18.7 Å². The molecule has 0 atom stereocenters. The van der Waals surface area contributed by atoms with Gasteiger partial charge in [-0.3, -0.25) is 0 Å². The van der Waals surface area contributed by atoms with Crippen LogP contribution in [-0.2, 0) is 6.42 Å². The summed E-state index contributed by atoms with van der Waals surface area (Å²) >= 11 is 4.09. The van der Waals surface area contributed by atoms with E-state index in [2.05, 4.69) is 47.7 Å². The van der Waals surface area contributed by atoms with Crippen LogP contribution in [0.5, 0.6) is 5.75 Å². The van der Waals surface area contributed by atoms with Gasteiger partial charge in [0.25, 0.3) is 0 Å². The number of aromatic hydroxyl groups is 1. The maximum Gasteiger partial charge on any atom is 0.115 e. The minimum atomic E-state index is 0.311. The second kappa shape index (κ2) is 5.78. The van der Waals surface area contributed by atoms with Crippen molar-refractivity contribution < 1.29 is 5.11 Å². The molecular formula is C14H13IOS. The summed E-state index contributed by atoms with van der Waals surface area (Å²) in [6.07, 6.45) is 1.06. The molecule has 0 aromatic heterocycles. The summed E-state index contributed by atoms with van der Waals surface area (Å²) in [6, 6.07) is 13.8. The molecule has 0 aliphatic rings. The van der Waals surface area contributed by atoms with Crippen LogP contribution in [0.15, 0.2) is 52.3 Å². The zero-order valence-electron chi connectivity index (χ0n) is 9.48. The molecule has 0 amide bonds. The van der Waals surface area contributed by atoms with Gasteiger partial charge < -0.3 is 5.11 Å². The lowest BCUT2D eigenvalue weighted by molar-refractivity contribution is 0.475. The Morgan fingerprint density at radius 2 is 1.71 bits per heavy atom. The summed E-state index contributed by atoms with van der Waals surface area (Å²) in [7, 11) is 0. The molecule has 0 heterocycles. The molecule has 0 aliphatic heterocycles. The molecule has 0 aliphatic carbocycles. The van der Waals surface area contributed by atoms with Gasteiger partial charge in [0, 0.05) is 13.4 Å². The minimum Gasteiger partial charge on any atom is -0.508 e. The second-order valence-electron chi connectivity index (χ2n) is 3.70. The van der Waals surface area contributed by atoms with E-state index in [1.807, 2.05) is 12.1 Å². The van der Waals surface area contributed by atoms with Crippen LogP contribution < -0.4 is 0 Å². The van der Waals surface area contributed by atoms with Crippen LogP contribution in [0.2, 0.25) is 0 Å². The molecule has 0 saturated heterocycles. The summed E-state index contributed by atoms with van der Waals surface area (Å²) in [4.78, 5) is 2.39. The van der Waals surface area contributed by atoms with Crippen molar-refractivity contribution in [2.24, 2.45) is 0 Å². The fourth-order valence-electron chi connectivity index (χ4n) is 1.54. The summed E-state index contributed by atoms with van der Waals surface area (Å²) in [5.41, 5.74) is 1.38. The van der Waals surface area contributed by atoms with Gasteiger partial charge in [0.2, 0.25) is 0 Å². The van der Waals surface area contributed by atoms with E-state index in [0.717, 1.165) is 11.3 Å². The molecule has 2 rings (SSSR count). The van der Waals surface area contributed by atoms with Crippen molar-refractivity contribution in [2.75, 3.05) is 0 Å². The van der Waals surface area contributed by atoms with Crippen molar-refractivity contribution in [3.63, 3.8) is 0 Å². The molecule has 0 unspecified atom stereocenters. The number of hydrogen-bond acceptors (Lipinski definition) is 2. The molecule has 3 heteroatoms. The summed E-state index contributed by atoms with van der Waals surface area (Å²) in [5, 5.41) is 9.23.